The van der Waals surface area contributed by atoms with Gasteiger partial charge in [-0.05, 0) is 100 Å². The summed E-state index contributed by atoms with van der Waals surface area (Å²) in [6.45, 7) is 86.0. The molecular weight excluding hydrogens is 1470 g/mol. The van der Waals surface area contributed by atoms with Crippen LogP contribution in [-0.4, -0.2) is 64.8 Å². The lowest BCUT2D eigenvalue weighted by atomic mass is 9.96. The summed E-state index contributed by atoms with van der Waals surface area (Å²) in [6.07, 6.45) is 16.3. The minimum atomic E-state index is 0.391. The molecule has 636 valence electrons. The van der Waals surface area contributed by atoms with Crippen LogP contribution >= 0.6 is 34.0 Å². The summed E-state index contributed by atoms with van der Waals surface area (Å²) in [5.41, 5.74) is 13.8. The van der Waals surface area contributed by atoms with Crippen LogP contribution < -0.4 is 0 Å². The highest BCUT2D eigenvalue weighted by Crippen LogP contribution is 2.31. The van der Waals surface area contributed by atoms with Gasteiger partial charge in [0.1, 0.15) is 35.8 Å². The molecular formula is C95H155N13O3S3. The van der Waals surface area contributed by atoms with E-state index < -0.39 is 0 Å². The lowest BCUT2D eigenvalue weighted by Crippen LogP contribution is -2.01. The number of oxazole rings is 3. The van der Waals surface area contributed by atoms with E-state index in [9.17, 15) is 0 Å². The number of aromatic nitrogens is 13. The van der Waals surface area contributed by atoms with Gasteiger partial charge in [-0.2, -0.15) is 0 Å². The van der Waals surface area contributed by atoms with Gasteiger partial charge in [0, 0.05) is 116 Å². The highest BCUT2D eigenvalue weighted by molar-refractivity contribution is 7.11. The Morgan fingerprint density at radius 3 is 1.19 bits per heavy atom. The lowest BCUT2D eigenvalue weighted by Gasteiger charge is -2.13. The van der Waals surface area contributed by atoms with E-state index in [1.165, 1.54) is 54.4 Å². The molecule has 0 saturated heterocycles. The Bertz CT molecular complexity index is 3550. The lowest BCUT2D eigenvalue weighted by molar-refractivity contribution is 0.422. The van der Waals surface area contributed by atoms with Crippen molar-refractivity contribution in [1.82, 2.24) is 64.8 Å². The van der Waals surface area contributed by atoms with Gasteiger partial charge in [-0.1, -0.05) is 283 Å². The van der Waals surface area contributed by atoms with E-state index in [2.05, 4.69) is 359 Å². The fourth-order valence-electron chi connectivity index (χ4n) is 9.94. The van der Waals surface area contributed by atoms with Crippen molar-refractivity contribution < 1.29 is 13.3 Å². The minimum absolute atomic E-state index is 0.391. The third kappa shape index (κ3) is 39.2. The molecule has 114 heavy (non-hydrogen) atoms. The van der Waals surface area contributed by atoms with Crippen LogP contribution in [0.5, 0.6) is 0 Å². The zero-order chi connectivity index (χ0) is 87.1. The quantitative estimate of drug-likeness (QED) is 0.0695. The van der Waals surface area contributed by atoms with Crippen molar-refractivity contribution in [2.24, 2.45) is 0 Å². The summed E-state index contributed by atoms with van der Waals surface area (Å²) < 4.78 is 16.0. The van der Waals surface area contributed by atoms with E-state index in [0.717, 1.165) is 63.4 Å². The third-order valence-electron chi connectivity index (χ3n) is 17.5. The molecule has 0 unspecified atom stereocenters. The number of hydrogen-bond donors (Lipinski definition) is 0. The first-order valence-corrected chi connectivity index (χ1v) is 44.8. The van der Waals surface area contributed by atoms with Gasteiger partial charge in [-0.25, -0.2) is 59.8 Å². The molecule has 0 fully saturated rings. The van der Waals surface area contributed by atoms with Gasteiger partial charge in [0.05, 0.1) is 44.5 Å². The van der Waals surface area contributed by atoms with Crippen LogP contribution in [0.2, 0.25) is 0 Å². The normalized spacial score (nSPS) is 11.3. The highest BCUT2D eigenvalue weighted by Gasteiger charge is 2.18. The summed E-state index contributed by atoms with van der Waals surface area (Å²) in [7, 11) is 0. The largest absolute Gasteiger partial charge is 0.448 e. The first kappa shape index (κ1) is 105. The summed E-state index contributed by atoms with van der Waals surface area (Å²) in [5.74, 6) is 15.6. The maximum Gasteiger partial charge on any atom is 0.196 e. The number of pyridine rings is 1. The second-order valence-electron chi connectivity index (χ2n) is 35.3. The van der Waals surface area contributed by atoms with E-state index in [1.54, 1.807) is 35.3 Å². The monoisotopic (exact) mass is 1620 g/mol. The number of nitrogens with zero attached hydrogens (tertiary/aromatic N) is 13. The maximum absolute atomic E-state index is 5.50. The average Bonchev–Trinajstić information content (AvgIpc) is 1.79. The Morgan fingerprint density at radius 1 is 0.316 bits per heavy atom. The van der Waals surface area contributed by atoms with Gasteiger partial charge in [-0.3, -0.25) is 4.98 Å². The summed E-state index contributed by atoms with van der Waals surface area (Å²) in [4.78, 5) is 58.8. The Balaban J connectivity index is 0.000000633. The van der Waals surface area contributed by atoms with E-state index in [-0.39, 0.29) is 0 Å². The van der Waals surface area contributed by atoms with Crippen molar-refractivity contribution in [2.45, 2.75) is 395 Å². The summed E-state index contributed by atoms with van der Waals surface area (Å²) >= 11 is 5.39. The molecule has 10 heterocycles. The van der Waals surface area contributed by atoms with Crippen LogP contribution in [-0.2, 0) is 0 Å². The number of rotatable bonds is 20. The van der Waals surface area contributed by atoms with Gasteiger partial charge >= 0.3 is 0 Å². The zero-order valence-corrected chi connectivity index (χ0v) is 80.9. The van der Waals surface area contributed by atoms with Crippen molar-refractivity contribution in [1.29, 1.82) is 0 Å². The van der Waals surface area contributed by atoms with Crippen LogP contribution in [0, 0.1) is 0 Å². The first-order valence-electron chi connectivity index (χ1n) is 42.2. The van der Waals surface area contributed by atoms with Gasteiger partial charge in [0.2, 0.25) is 0 Å². The second-order valence-corrected chi connectivity index (χ2v) is 38.2. The molecule has 10 rings (SSSR count). The summed E-state index contributed by atoms with van der Waals surface area (Å²) in [6, 6.07) is 8.26. The molecule has 0 radical (unpaired) electrons. The Morgan fingerprint density at radius 2 is 0.851 bits per heavy atom. The smallest absolute Gasteiger partial charge is 0.196 e. The van der Waals surface area contributed by atoms with Gasteiger partial charge in [-0.15, -0.1) is 34.0 Å². The molecule has 0 atom stereocenters. The van der Waals surface area contributed by atoms with Gasteiger partial charge in [0.25, 0.3) is 0 Å². The van der Waals surface area contributed by atoms with Crippen LogP contribution in [0.4, 0.5) is 0 Å². The van der Waals surface area contributed by atoms with Crippen LogP contribution in [0.25, 0.3) is 0 Å². The number of hydrogen-bond acceptors (Lipinski definition) is 19. The molecule has 0 aromatic carbocycles. The molecule has 10 aromatic rings. The molecule has 16 nitrogen and oxygen atoms in total. The molecule has 19 heteroatoms. The standard InChI is InChI=1S/C11H17N.3C10H16N2.3C9H15NO.3C9H15NS/c1-8(2)10-6-5-7-12-11(10)9(3)4;1-7(2)9-5-10(8(3)4)12-6-11-9;1-7(2)9-5-11-10(8(3)4)12-6-9;1-7(2)9-5-6-11-10(12-9)8(3)4;1-6(2)8-9(7(3)4)11-5-10-8;1-6(2)8-5-11-9(10-8)7(3)4;1-6(2)8-5-10-9(11-8)7(3)4;1-6(2)8-9(7(3)4)11-5-10-8;1-6(2)8-5-11-9(10-8)7(3)4;1-6(2)8-5-10-9(11-8)7(3)4/h5-9H,1-4H3;3*5-8H,1-4H3;6*5-7H,1-4H3. The Kier molecular flexibility index (Phi) is 49.7. The number of thiazole rings is 3. The van der Waals surface area contributed by atoms with Crippen molar-refractivity contribution in [2.75, 3.05) is 0 Å². The predicted octanol–water partition coefficient (Wildman–Crippen LogP) is 30.4. The fraction of sp³-hybridized carbons (Fsp3) is 0.632. The molecule has 0 aliphatic rings. The average molecular weight is 1620 g/mol. The van der Waals surface area contributed by atoms with E-state index in [4.69, 9.17) is 13.3 Å². The Hall–Kier alpha value is -7.09. The SMILES string of the molecule is CC(C)c1cc(C(C)C)ncn1.CC(C)c1cccnc1C(C)C.CC(C)c1ccnc(C(C)C)n1.CC(C)c1cnc(C(C)C)nc1.CC(C)c1cnc(C(C)C)o1.CC(C)c1cnc(C(C)C)s1.CC(C)c1coc(C(C)C)n1.CC(C)c1csc(C(C)C)n1.CC(C)c1ncoc1C(C)C.CC(C)c1ncsc1C(C)C. The maximum atomic E-state index is 5.50. The van der Waals surface area contributed by atoms with Crippen molar-refractivity contribution >= 4 is 34.0 Å². The molecule has 0 spiro atoms. The third-order valence-corrected chi connectivity index (χ3v) is 21.4. The molecule has 0 bridgehead atoms. The van der Waals surface area contributed by atoms with Crippen molar-refractivity contribution in [3.63, 3.8) is 0 Å². The zero-order valence-electron chi connectivity index (χ0n) is 78.5. The molecule has 0 amide bonds. The predicted molar refractivity (Wildman–Crippen MR) is 488 cm³/mol. The van der Waals surface area contributed by atoms with Crippen LogP contribution in [0.1, 0.15) is 507 Å². The molecule has 0 aliphatic carbocycles. The fourth-order valence-corrected chi connectivity index (χ4v) is 12.8. The van der Waals surface area contributed by atoms with Crippen LogP contribution in [0.15, 0.2) is 105 Å². The van der Waals surface area contributed by atoms with Crippen molar-refractivity contribution in [3.05, 3.63) is 203 Å². The highest BCUT2D eigenvalue weighted by atomic mass is 32.1. The first-order chi connectivity index (χ1) is 53.1. The topological polar surface area (TPSA) is 207 Å². The van der Waals surface area contributed by atoms with E-state index in [0.29, 0.717) is 118 Å². The second kappa shape index (κ2) is 54.0. The van der Waals surface area contributed by atoms with Crippen LogP contribution in [0.3, 0.4) is 0 Å². The minimum Gasteiger partial charge on any atom is -0.448 e. The van der Waals surface area contributed by atoms with E-state index in [1.807, 2.05) is 66.2 Å². The van der Waals surface area contributed by atoms with Crippen molar-refractivity contribution in [3.8, 4) is 0 Å². The van der Waals surface area contributed by atoms with Gasteiger partial charge in [0.15, 0.2) is 18.2 Å². The summed E-state index contributed by atoms with van der Waals surface area (Å²) in [5, 5.41) is 4.68. The Labute approximate surface area is 705 Å². The van der Waals surface area contributed by atoms with Gasteiger partial charge < -0.3 is 13.3 Å². The molecule has 0 saturated carbocycles. The van der Waals surface area contributed by atoms with E-state index >= 15 is 0 Å². The molecule has 0 N–H and O–H groups in total. The molecule has 10 aromatic heterocycles. The molecule has 0 aliphatic heterocycles.